The lowest BCUT2D eigenvalue weighted by Gasteiger charge is -2.29. The van der Waals surface area contributed by atoms with Crippen LogP contribution in [0.5, 0.6) is 0 Å². The molecule has 0 saturated heterocycles. The number of hydrogen-bond donors (Lipinski definition) is 3. The molecule has 0 radical (unpaired) electrons. The Balaban J connectivity index is 1.73. The van der Waals surface area contributed by atoms with Gasteiger partial charge >= 0.3 is 6.03 Å². The molecule has 7 nitrogen and oxygen atoms in total. The highest BCUT2D eigenvalue weighted by Gasteiger charge is 2.40. The van der Waals surface area contributed by atoms with Gasteiger partial charge in [0.2, 0.25) is 0 Å². The van der Waals surface area contributed by atoms with Crippen molar-refractivity contribution < 1.29 is 19.5 Å². The molecule has 0 aromatic heterocycles. The molecule has 7 heteroatoms. The summed E-state index contributed by atoms with van der Waals surface area (Å²) in [6.07, 6.45) is 4.29. The minimum Gasteiger partial charge on any atom is -0.392 e. The molecule has 1 atom stereocenters. The van der Waals surface area contributed by atoms with Crippen molar-refractivity contribution in [2.75, 3.05) is 11.9 Å². The summed E-state index contributed by atoms with van der Waals surface area (Å²) in [5.41, 5.74) is 1.17. The summed E-state index contributed by atoms with van der Waals surface area (Å²) in [5, 5.41) is 14.3. The highest BCUT2D eigenvalue weighted by Crippen LogP contribution is 2.32. The van der Waals surface area contributed by atoms with Crippen molar-refractivity contribution in [1.29, 1.82) is 0 Å². The first-order valence-corrected chi connectivity index (χ1v) is 8.72. The fourth-order valence-electron chi connectivity index (χ4n) is 3.42. The van der Waals surface area contributed by atoms with Crippen molar-refractivity contribution in [2.24, 2.45) is 0 Å². The van der Waals surface area contributed by atoms with Crippen LogP contribution in [0.1, 0.15) is 59.7 Å². The SMILES string of the molecule is CC(O)CNC(=O)Nc1ccc2c(c1)C(=O)N(C1CCCCC1)C2=O. The fourth-order valence-corrected chi connectivity index (χ4v) is 3.42. The Morgan fingerprint density at radius 2 is 1.88 bits per heavy atom. The Morgan fingerprint density at radius 3 is 2.56 bits per heavy atom. The molecule has 1 fully saturated rings. The van der Waals surface area contributed by atoms with Gasteiger partial charge in [-0.15, -0.1) is 0 Å². The average molecular weight is 345 g/mol. The molecule has 0 spiro atoms. The predicted molar refractivity (Wildman–Crippen MR) is 92.5 cm³/mol. The molecule has 134 valence electrons. The number of fused-ring (bicyclic) bond motifs is 1. The van der Waals surface area contributed by atoms with E-state index in [1.165, 1.54) is 4.90 Å². The van der Waals surface area contributed by atoms with E-state index in [-0.39, 0.29) is 24.4 Å². The van der Waals surface area contributed by atoms with E-state index in [1.54, 1.807) is 25.1 Å². The molecule has 0 bridgehead atoms. The van der Waals surface area contributed by atoms with Gasteiger partial charge in [-0.25, -0.2) is 4.79 Å². The number of rotatable bonds is 4. The molecule has 3 N–H and O–H groups in total. The number of hydrogen-bond acceptors (Lipinski definition) is 4. The van der Waals surface area contributed by atoms with Gasteiger partial charge in [0.25, 0.3) is 11.8 Å². The zero-order valence-electron chi connectivity index (χ0n) is 14.2. The van der Waals surface area contributed by atoms with Crippen LogP contribution in [-0.4, -0.2) is 46.5 Å². The van der Waals surface area contributed by atoms with Crippen molar-refractivity contribution >= 4 is 23.5 Å². The summed E-state index contributed by atoms with van der Waals surface area (Å²) in [5.74, 6) is -0.517. The second kappa shape index (κ2) is 7.23. The van der Waals surface area contributed by atoms with E-state index in [9.17, 15) is 19.5 Å². The van der Waals surface area contributed by atoms with Gasteiger partial charge in [-0.1, -0.05) is 19.3 Å². The Hall–Kier alpha value is -2.41. The molecule has 3 rings (SSSR count). The van der Waals surface area contributed by atoms with E-state index in [0.717, 1.165) is 32.1 Å². The molecule has 4 amide bonds. The van der Waals surface area contributed by atoms with E-state index >= 15 is 0 Å². The Bertz CT molecular complexity index is 696. The number of urea groups is 1. The third kappa shape index (κ3) is 3.66. The Labute approximate surface area is 146 Å². The number of amides is 4. The number of nitrogens with zero attached hydrogens (tertiary/aromatic N) is 1. The number of carbonyl (C=O) groups excluding carboxylic acids is 3. The lowest BCUT2D eigenvalue weighted by Crippen LogP contribution is -2.40. The summed E-state index contributed by atoms with van der Waals surface area (Å²) >= 11 is 0. The van der Waals surface area contributed by atoms with Crippen LogP contribution in [0.2, 0.25) is 0 Å². The Kier molecular flexibility index (Phi) is 5.03. The molecule has 25 heavy (non-hydrogen) atoms. The first-order chi connectivity index (χ1) is 12.0. The molecule has 1 aromatic carbocycles. The van der Waals surface area contributed by atoms with Gasteiger partial charge in [0.15, 0.2) is 0 Å². The summed E-state index contributed by atoms with van der Waals surface area (Å²) in [4.78, 5) is 38.5. The monoisotopic (exact) mass is 345 g/mol. The van der Waals surface area contributed by atoms with Gasteiger partial charge in [-0.05, 0) is 38.0 Å². The van der Waals surface area contributed by atoms with Crippen LogP contribution in [0.4, 0.5) is 10.5 Å². The minimum atomic E-state index is -0.644. The number of nitrogens with one attached hydrogen (secondary N) is 2. The van der Waals surface area contributed by atoms with Crippen molar-refractivity contribution in [1.82, 2.24) is 10.2 Å². The van der Waals surface area contributed by atoms with E-state index in [0.29, 0.717) is 16.8 Å². The topological polar surface area (TPSA) is 98.7 Å². The molecule has 1 unspecified atom stereocenters. The zero-order valence-corrected chi connectivity index (χ0v) is 14.2. The maximum atomic E-state index is 12.7. The van der Waals surface area contributed by atoms with Crippen LogP contribution in [-0.2, 0) is 0 Å². The minimum absolute atomic E-state index is 0.0214. The molecular weight excluding hydrogens is 322 g/mol. The third-order valence-corrected chi connectivity index (χ3v) is 4.67. The second-order valence-corrected chi connectivity index (χ2v) is 6.72. The zero-order chi connectivity index (χ0) is 18.0. The Morgan fingerprint density at radius 1 is 1.20 bits per heavy atom. The highest BCUT2D eigenvalue weighted by atomic mass is 16.3. The molecule has 1 aromatic rings. The highest BCUT2D eigenvalue weighted by molar-refractivity contribution is 6.22. The summed E-state index contributed by atoms with van der Waals surface area (Å²) < 4.78 is 0. The maximum absolute atomic E-state index is 12.7. The van der Waals surface area contributed by atoms with Crippen LogP contribution in [0.3, 0.4) is 0 Å². The fraction of sp³-hybridized carbons (Fsp3) is 0.500. The van der Waals surface area contributed by atoms with Crippen molar-refractivity contribution in [2.45, 2.75) is 51.2 Å². The predicted octanol–water partition coefficient (Wildman–Crippen LogP) is 2.12. The van der Waals surface area contributed by atoms with Crippen LogP contribution in [0.25, 0.3) is 0 Å². The van der Waals surface area contributed by atoms with Crippen LogP contribution >= 0.6 is 0 Å². The first-order valence-electron chi connectivity index (χ1n) is 8.72. The van der Waals surface area contributed by atoms with Gasteiger partial charge in [0.1, 0.15) is 0 Å². The van der Waals surface area contributed by atoms with Crippen molar-refractivity contribution in [3.63, 3.8) is 0 Å². The number of carbonyl (C=O) groups is 3. The lowest BCUT2D eigenvalue weighted by atomic mass is 9.94. The van der Waals surface area contributed by atoms with Crippen LogP contribution in [0, 0.1) is 0 Å². The number of benzene rings is 1. The maximum Gasteiger partial charge on any atom is 0.319 e. The smallest absolute Gasteiger partial charge is 0.319 e. The van der Waals surface area contributed by atoms with Gasteiger partial charge in [-0.3, -0.25) is 14.5 Å². The number of anilines is 1. The average Bonchev–Trinajstić information content (AvgIpc) is 2.84. The van der Waals surface area contributed by atoms with Crippen LogP contribution in [0.15, 0.2) is 18.2 Å². The van der Waals surface area contributed by atoms with Crippen LogP contribution < -0.4 is 10.6 Å². The van der Waals surface area contributed by atoms with E-state index in [1.807, 2.05) is 0 Å². The van der Waals surface area contributed by atoms with Gasteiger partial charge in [-0.2, -0.15) is 0 Å². The van der Waals surface area contributed by atoms with E-state index in [4.69, 9.17) is 0 Å². The molecule has 1 heterocycles. The summed E-state index contributed by atoms with van der Waals surface area (Å²) in [6.45, 7) is 1.70. The summed E-state index contributed by atoms with van der Waals surface area (Å²) in [7, 11) is 0. The van der Waals surface area contributed by atoms with E-state index in [2.05, 4.69) is 10.6 Å². The largest absolute Gasteiger partial charge is 0.392 e. The standard InChI is InChI=1S/C18H23N3O4/c1-11(22)10-19-18(25)20-12-7-8-14-15(9-12)17(24)21(16(14)23)13-5-3-2-4-6-13/h7-9,11,13,22H,2-6,10H2,1H3,(H2,19,20,25). The van der Waals surface area contributed by atoms with Gasteiger partial charge < -0.3 is 15.7 Å². The second-order valence-electron chi connectivity index (χ2n) is 6.72. The quantitative estimate of drug-likeness (QED) is 0.728. The molecule has 1 aliphatic heterocycles. The van der Waals surface area contributed by atoms with Crippen molar-refractivity contribution in [3.8, 4) is 0 Å². The molecule has 2 aliphatic rings. The van der Waals surface area contributed by atoms with Gasteiger partial charge in [0.05, 0.1) is 17.2 Å². The summed E-state index contributed by atoms with van der Waals surface area (Å²) in [6, 6.07) is 4.24. The lowest BCUT2D eigenvalue weighted by molar-refractivity contribution is 0.0549. The normalized spacial score (nSPS) is 18.9. The van der Waals surface area contributed by atoms with E-state index < -0.39 is 12.1 Å². The first kappa shape index (κ1) is 17.4. The number of aliphatic hydroxyl groups excluding tert-OH is 1. The third-order valence-electron chi connectivity index (χ3n) is 4.67. The molecular formula is C18H23N3O4. The molecule has 1 saturated carbocycles. The number of imide groups is 1. The van der Waals surface area contributed by atoms with Gasteiger partial charge in [0, 0.05) is 18.3 Å². The van der Waals surface area contributed by atoms with Crippen molar-refractivity contribution in [3.05, 3.63) is 29.3 Å². The molecule has 1 aliphatic carbocycles. The number of aliphatic hydroxyl groups is 1.